The minimum absolute atomic E-state index is 0.0494. The van der Waals surface area contributed by atoms with Crippen LogP contribution in [-0.2, 0) is 11.3 Å². The third-order valence-electron chi connectivity index (χ3n) is 4.93. The lowest BCUT2D eigenvalue weighted by molar-refractivity contribution is -0.125. The number of nitrogens with one attached hydrogen (secondary N) is 1. The van der Waals surface area contributed by atoms with Gasteiger partial charge in [-0.25, -0.2) is 4.98 Å². The Morgan fingerprint density at radius 3 is 2.96 bits per heavy atom. The molecule has 0 aliphatic carbocycles. The summed E-state index contributed by atoms with van der Waals surface area (Å²) in [5.41, 5.74) is 1.49. The molecule has 1 N–H and O–H groups in total. The molecule has 1 fully saturated rings. The van der Waals surface area contributed by atoms with E-state index >= 15 is 0 Å². The van der Waals surface area contributed by atoms with Gasteiger partial charge < -0.3 is 19.2 Å². The maximum Gasteiger partial charge on any atom is 0.298 e. The van der Waals surface area contributed by atoms with Crippen LogP contribution in [0.1, 0.15) is 19.3 Å². The minimum Gasteiger partial charge on any atom is -0.423 e. The number of imidazole rings is 1. The molecule has 3 aromatic rings. The summed E-state index contributed by atoms with van der Waals surface area (Å²) < 4.78 is 7.83. The number of hydrogen-bond donors (Lipinski definition) is 1. The molecule has 1 aromatic carbocycles. The summed E-state index contributed by atoms with van der Waals surface area (Å²) in [5.74, 6) is 0.193. The molecule has 1 aliphatic heterocycles. The average Bonchev–Trinajstić information content (AvgIpc) is 3.34. The zero-order chi connectivity index (χ0) is 18.6. The van der Waals surface area contributed by atoms with Gasteiger partial charge in [0.15, 0.2) is 5.58 Å². The highest BCUT2D eigenvalue weighted by Crippen LogP contribution is 2.28. The number of piperidine rings is 1. The van der Waals surface area contributed by atoms with E-state index in [-0.39, 0.29) is 11.8 Å². The fraction of sp³-hybridized carbons (Fsp3) is 0.421. The van der Waals surface area contributed by atoms with Gasteiger partial charge in [0.25, 0.3) is 6.01 Å². The highest BCUT2D eigenvalue weighted by atomic mass is 35.5. The topological polar surface area (TPSA) is 76.2 Å². The molecular formula is C19H22ClN5O2. The van der Waals surface area contributed by atoms with Gasteiger partial charge in [-0.2, -0.15) is 4.98 Å². The number of anilines is 1. The zero-order valence-corrected chi connectivity index (χ0v) is 15.7. The molecule has 0 saturated carbocycles. The van der Waals surface area contributed by atoms with Crippen LogP contribution in [0.2, 0.25) is 5.02 Å². The third kappa shape index (κ3) is 4.24. The second kappa shape index (κ2) is 8.00. The number of aryl methyl sites for hydroxylation is 1. The van der Waals surface area contributed by atoms with E-state index in [4.69, 9.17) is 16.0 Å². The number of benzene rings is 1. The first kappa shape index (κ1) is 17.9. The lowest BCUT2D eigenvalue weighted by Crippen LogP contribution is -2.41. The van der Waals surface area contributed by atoms with Crippen molar-refractivity contribution in [3.05, 3.63) is 41.9 Å². The molecule has 0 radical (unpaired) electrons. The predicted molar refractivity (Wildman–Crippen MR) is 104 cm³/mol. The van der Waals surface area contributed by atoms with E-state index in [1.165, 1.54) is 0 Å². The number of fused-ring (bicyclic) bond motifs is 1. The van der Waals surface area contributed by atoms with E-state index < -0.39 is 0 Å². The number of amides is 1. The van der Waals surface area contributed by atoms with Gasteiger partial charge in [0.05, 0.1) is 6.33 Å². The Morgan fingerprint density at radius 2 is 2.19 bits per heavy atom. The molecule has 3 heterocycles. The van der Waals surface area contributed by atoms with Gasteiger partial charge >= 0.3 is 0 Å². The minimum atomic E-state index is 0.0494. The number of carbonyl (C=O) groups is 1. The van der Waals surface area contributed by atoms with E-state index in [0.717, 1.165) is 44.4 Å². The second-order valence-corrected chi connectivity index (χ2v) is 7.25. The highest BCUT2D eigenvalue weighted by Gasteiger charge is 2.27. The maximum absolute atomic E-state index is 12.4. The summed E-state index contributed by atoms with van der Waals surface area (Å²) >= 11 is 6.00. The first-order chi connectivity index (χ1) is 13.2. The summed E-state index contributed by atoms with van der Waals surface area (Å²) in [6.45, 7) is 3.06. The molecule has 0 spiro atoms. The number of aromatic nitrogens is 3. The van der Waals surface area contributed by atoms with Crippen molar-refractivity contribution in [3.63, 3.8) is 0 Å². The van der Waals surface area contributed by atoms with E-state index in [0.29, 0.717) is 23.2 Å². The van der Waals surface area contributed by atoms with Gasteiger partial charge in [0, 0.05) is 55.6 Å². The molecule has 2 aromatic heterocycles. The molecule has 1 aliphatic rings. The van der Waals surface area contributed by atoms with Crippen molar-refractivity contribution < 1.29 is 9.21 Å². The molecule has 4 rings (SSSR count). The Labute approximate surface area is 162 Å². The van der Waals surface area contributed by atoms with Gasteiger partial charge in [0.1, 0.15) is 5.52 Å². The van der Waals surface area contributed by atoms with Crippen molar-refractivity contribution in [2.75, 3.05) is 24.5 Å². The van der Waals surface area contributed by atoms with Gasteiger partial charge in [-0.05, 0) is 31.4 Å². The van der Waals surface area contributed by atoms with E-state index in [9.17, 15) is 4.79 Å². The quantitative estimate of drug-likeness (QED) is 0.658. The number of nitrogens with zero attached hydrogens (tertiary/aromatic N) is 4. The lowest BCUT2D eigenvalue weighted by Gasteiger charge is -2.30. The standard InChI is InChI=1S/C19H22ClN5O2/c20-15-2-3-16-17(12-15)27-19(23-16)25-9-4-14(5-10-25)18(26)22-6-1-8-24-11-7-21-13-24/h2-3,7,11-14H,1,4-6,8-10H2,(H,22,26). The normalized spacial score (nSPS) is 15.4. The molecule has 0 unspecified atom stereocenters. The van der Waals surface area contributed by atoms with Gasteiger partial charge in [0.2, 0.25) is 5.91 Å². The molecule has 27 heavy (non-hydrogen) atoms. The van der Waals surface area contributed by atoms with Crippen molar-refractivity contribution in [3.8, 4) is 0 Å². The molecule has 1 amide bonds. The lowest BCUT2D eigenvalue weighted by atomic mass is 9.96. The first-order valence-electron chi connectivity index (χ1n) is 9.23. The Kier molecular flexibility index (Phi) is 5.29. The molecule has 8 heteroatoms. The predicted octanol–water partition coefficient (Wildman–Crippen LogP) is 3.10. The van der Waals surface area contributed by atoms with Gasteiger partial charge in [-0.1, -0.05) is 11.6 Å². The van der Waals surface area contributed by atoms with Crippen LogP contribution in [0.3, 0.4) is 0 Å². The van der Waals surface area contributed by atoms with Crippen LogP contribution < -0.4 is 10.2 Å². The summed E-state index contributed by atoms with van der Waals surface area (Å²) in [4.78, 5) is 23.0. The van der Waals surface area contributed by atoms with Crippen molar-refractivity contribution in [2.45, 2.75) is 25.8 Å². The van der Waals surface area contributed by atoms with Crippen LogP contribution in [0, 0.1) is 5.92 Å². The van der Waals surface area contributed by atoms with Crippen molar-refractivity contribution in [1.29, 1.82) is 0 Å². The fourth-order valence-corrected chi connectivity index (χ4v) is 3.55. The number of oxazole rings is 1. The smallest absolute Gasteiger partial charge is 0.298 e. The second-order valence-electron chi connectivity index (χ2n) is 6.81. The van der Waals surface area contributed by atoms with Crippen molar-refractivity contribution in [1.82, 2.24) is 19.9 Å². The Morgan fingerprint density at radius 1 is 1.33 bits per heavy atom. The van der Waals surface area contributed by atoms with Crippen LogP contribution in [0.4, 0.5) is 6.01 Å². The molecule has 1 saturated heterocycles. The largest absolute Gasteiger partial charge is 0.423 e. The van der Waals surface area contributed by atoms with E-state index in [2.05, 4.69) is 20.2 Å². The molecule has 0 bridgehead atoms. The number of halogens is 1. The summed E-state index contributed by atoms with van der Waals surface area (Å²) in [5, 5.41) is 3.69. The Balaban J connectivity index is 1.24. The van der Waals surface area contributed by atoms with Crippen LogP contribution >= 0.6 is 11.6 Å². The first-order valence-corrected chi connectivity index (χ1v) is 9.61. The number of rotatable bonds is 6. The van der Waals surface area contributed by atoms with Gasteiger partial charge in [-0.3, -0.25) is 4.79 Å². The zero-order valence-electron chi connectivity index (χ0n) is 15.0. The van der Waals surface area contributed by atoms with Crippen LogP contribution in [-0.4, -0.2) is 40.1 Å². The third-order valence-corrected chi connectivity index (χ3v) is 5.16. The number of carbonyl (C=O) groups excluding carboxylic acids is 1. The van der Waals surface area contributed by atoms with Crippen LogP contribution in [0.15, 0.2) is 41.3 Å². The molecule has 142 valence electrons. The van der Waals surface area contributed by atoms with Crippen LogP contribution in [0.5, 0.6) is 0 Å². The summed E-state index contributed by atoms with van der Waals surface area (Å²) in [6.07, 6.45) is 7.97. The Bertz CT molecular complexity index is 900. The highest BCUT2D eigenvalue weighted by molar-refractivity contribution is 6.31. The fourth-order valence-electron chi connectivity index (χ4n) is 3.39. The van der Waals surface area contributed by atoms with Crippen molar-refractivity contribution >= 4 is 34.6 Å². The van der Waals surface area contributed by atoms with Gasteiger partial charge in [-0.15, -0.1) is 0 Å². The number of hydrogen-bond acceptors (Lipinski definition) is 5. The van der Waals surface area contributed by atoms with E-state index in [1.54, 1.807) is 24.7 Å². The summed E-state index contributed by atoms with van der Waals surface area (Å²) in [6, 6.07) is 6.04. The summed E-state index contributed by atoms with van der Waals surface area (Å²) in [7, 11) is 0. The molecule has 7 nitrogen and oxygen atoms in total. The monoisotopic (exact) mass is 387 g/mol. The van der Waals surface area contributed by atoms with Crippen LogP contribution in [0.25, 0.3) is 11.1 Å². The maximum atomic E-state index is 12.4. The van der Waals surface area contributed by atoms with E-state index in [1.807, 2.05) is 16.8 Å². The Hall–Kier alpha value is -2.54. The van der Waals surface area contributed by atoms with Crippen molar-refractivity contribution in [2.24, 2.45) is 5.92 Å². The molecule has 0 atom stereocenters. The average molecular weight is 388 g/mol. The molecular weight excluding hydrogens is 366 g/mol. The SMILES string of the molecule is O=C(NCCCn1ccnc1)C1CCN(c2nc3ccc(Cl)cc3o2)CC1.